The Hall–Kier alpha value is -1.06. The van der Waals surface area contributed by atoms with E-state index < -0.39 is 5.41 Å². The Bertz CT molecular complexity index is 247. The van der Waals surface area contributed by atoms with E-state index in [1.54, 1.807) is 13.8 Å². The lowest BCUT2D eigenvalue weighted by molar-refractivity contribution is -0.154. The Kier molecular flexibility index (Phi) is 6.08. The van der Waals surface area contributed by atoms with Crippen molar-refractivity contribution in [2.75, 3.05) is 13.2 Å². The SMILES string of the molecule is CC(=O)NCC(C)(C)C(=O)OCCC(C)C. The molecule has 0 aromatic heterocycles. The highest BCUT2D eigenvalue weighted by Gasteiger charge is 2.29. The molecule has 0 atom stereocenters. The molecule has 4 heteroatoms. The molecule has 0 saturated carbocycles. The van der Waals surface area contributed by atoms with E-state index in [4.69, 9.17) is 4.74 Å². The van der Waals surface area contributed by atoms with Crippen LogP contribution in [0.25, 0.3) is 0 Å². The van der Waals surface area contributed by atoms with E-state index in [2.05, 4.69) is 19.2 Å². The minimum Gasteiger partial charge on any atom is -0.465 e. The third kappa shape index (κ3) is 6.43. The number of hydrogen-bond acceptors (Lipinski definition) is 3. The molecule has 0 unspecified atom stereocenters. The van der Waals surface area contributed by atoms with Crippen molar-refractivity contribution in [3.05, 3.63) is 0 Å². The highest BCUT2D eigenvalue weighted by Crippen LogP contribution is 2.16. The summed E-state index contributed by atoms with van der Waals surface area (Å²) in [4.78, 5) is 22.4. The Balaban J connectivity index is 3.99. The van der Waals surface area contributed by atoms with E-state index in [0.717, 1.165) is 6.42 Å². The van der Waals surface area contributed by atoms with Gasteiger partial charge in [0.2, 0.25) is 5.91 Å². The van der Waals surface area contributed by atoms with Crippen molar-refractivity contribution in [1.29, 1.82) is 0 Å². The Morgan fingerprint density at radius 2 is 1.88 bits per heavy atom. The summed E-state index contributed by atoms with van der Waals surface area (Å²) in [7, 11) is 0. The molecule has 0 spiro atoms. The minimum absolute atomic E-state index is 0.136. The molecule has 0 aliphatic heterocycles. The Labute approximate surface area is 97.7 Å². The number of nitrogens with one attached hydrogen (secondary N) is 1. The normalized spacial score (nSPS) is 11.4. The summed E-state index contributed by atoms with van der Waals surface area (Å²) in [5, 5.41) is 2.63. The van der Waals surface area contributed by atoms with Crippen molar-refractivity contribution >= 4 is 11.9 Å². The fourth-order valence-electron chi connectivity index (χ4n) is 1.00. The van der Waals surface area contributed by atoms with Gasteiger partial charge in [-0.15, -0.1) is 0 Å². The zero-order valence-corrected chi connectivity index (χ0v) is 10.9. The van der Waals surface area contributed by atoms with E-state index in [9.17, 15) is 9.59 Å². The van der Waals surface area contributed by atoms with Gasteiger partial charge in [-0.3, -0.25) is 9.59 Å². The first-order valence-corrected chi connectivity index (χ1v) is 5.67. The lowest BCUT2D eigenvalue weighted by Crippen LogP contribution is -2.39. The molecule has 0 aliphatic carbocycles. The number of carbonyl (C=O) groups excluding carboxylic acids is 2. The molecule has 0 saturated heterocycles. The molecule has 0 aliphatic rings. The maximum Gasteiger partial charge on any atom is 0.313 e. The molecule has 0 heterocycles. The van der Waals surface area contributed by atoms with Gasteiger partial charge in [0.15, 0.2) is 0 Å². The number of hydrogen-bond donors (Lipinski definition) is 1. The van der Waals surface area contributed by atoms with Gasteiger partial charge in [0, 0.05) is 13.5 Å². The highest BCUT2D eigenvalue weighted by molar-refractivity contribution is 5.78. The summed E-state index contributed by atoms with van der Waals surface area (Å²) >= 11 is 0. The zero-order chi connectivity index (χ0) is 12.8. The highest BCUT2D eigenvalue weighted by atomic mass is 16.5. The van der Waals surface area contributed by atoms with E-state index in [-0.39, 0.29) is 11.9 Å². The summed E-state index contributed by atoms with van der Waals surface area (Å²) in [6, 6.07) is 0. The van der Waals surface area contributed by atoms with Gasteiger partial charge in [-0.2, -0.15) is 0 Å². The Morgan fingerprint density at radius 3 is 2.31 bits per heavy atom. The van der Waals surface area contributed by atoms with Crippen molar-refractivity contribution in [1.82, 2.24) is 5.32 Å². The molecule has 0 bridgehead atoms. The first-order chi connectivity index (χ1) is 7.25. The topological polar surface area (TPSA) is 55.4 Å². The van der Waals surface area contributed by atoms with Crippen molar-refractivity contribution in [2.45, 2.75) is 41.0 Å². The van der Waals surface area contributed by atoms with Crippen LogP contribution in [0.15, 0.2) is 0 Å². The smallest absolute Gasteiger partial charge is 0.313 e. The molecule has 1 amide bonds. The van der Waals surface area contributed by atoms with Crippen LogP contribution in [0.2, 0.25) is 0 Å². The predicted molar refractivity (Wildman–Crippen MR) is 62.9 cm³/mol. The van der Waals surface area contributed by atoms with E-state index in [0.29, 0.717) is 19.1 Å². The predicted octanol–water partition coefficient (Wildman–Crippen LogP) is 1.74. The minimum atomic E-state index is -0.664. The summed E-state index contributed by atoms with van der Waals surface area (Å²) in [6.07, 6.45) is 0.863. The fourth-order valence-corrected chi connectivity index (χ4v) is 1.00. The molecule has 0 rings (SSSR count). The average molecular weight is 229 g/mol. The van der Waals surface area contributed by atoms with Crippen LogP contribution in [0.3, 0.4) is 0 Å². The molecule has 0 radical (unpaired) electrons. The maximum absolute atomic E-state index is 11.7. The summed E-state index contributed by atoms with van der Waals surface area (Å²) in [5.74, 6) is 0.121. The third-order valence-electron chi connectivity index (χ3n) is 2.26. The van der Waals surface area contributed by atoms with E-state index >= 15 is 0 Å². The lowest BCUT2D eigenvalue weighted by Gasteiger charge is -2.22. The van der Waals surface area contributed by atoms with Gasteiger partial charge in [0.25, 0.3) is 0 Å². The third-order valence-corrected chi connectivity index (χ3v) is 2.26. The Morgan fingerprint density at radius 1 is 1.31 bits per heavy atom. The van der Waals surface area contributed by atoms with E-state index in [1.807, 2.05) is 0 Å². The number of rotatable bonds is 6. The van der Waals surface area contributed by atoms with Gasteiger partial charge in [0.05, 0.1) is 12.0 Å². The largest absolute Gasteiger partial charge is 0.465 e. The molecular weight excluding hydrogens is 206 g/mol. The molecular formula is C12H23NO3. The van der Waals surface area contributed by atoms with Crippen molar-refractivity contribution in [3.63, 3.8) is 0 Å². The van der Waals surface area contributed by atoms with Crippen LogP contribution in [0.4, 0.5) is 0 Å². The van der Waals surface area contributed by atoms with Crippen LogP contribution < -0.4 is 5.32 Å². The van der Waals surface area contributed by atoms with Crippen LogP contribution in [0.5, 0.6) is 0 Å². The summed E-state index contributed by atoms with van der Waals surface area (Å²) in [6.45, 7) is 9.87. The molecule has 4 nitrogen and oxygen atoms in total. The summed E-state index contributed by atoms with van der Waals surface area (Å²) in [5.41, 5.74) is -0.664. The second-order valence-corrected chi connectivity index (χ2v) is 5.11. The standard InChI is InChI=1S/C12H23NO3/c1-9(2)6-7-16-11(15)12(4,5)8-13-10(3)14/h9H,6-8H2,1-5H3,(H,13,14). The molecule has 1 N–H and O–H groups in total. The van der Waals surface area contributed by atoms with Crippen molar-refractivity contribution in [3.8, 4) is 0 Å². The van der Waals surface area contributed by atoms with Crippen LogP contribution in [0, 0.1) is 11.3 Å². The quantitative estimate of drug-likeness (QED) is 0.706. The van der Waals surface area contributed by atoms with Crippen LogP contribution in [0.1, 0.15) is 41.0 Å². The molecule has 0 fully saturated rings. The summed E-state index contributed by atoms with van der Waals surface area (Å²) < 4.78 is 5.16. The number of ether oxygens (including phenoxy) is 1. The van der Waals surface area contributed by atoms with Crippen LogP contribution in [-0.4, -0.2) is 25.0 Å². The average Bonchev–Trinajstić information content (AvgIpc) is 2.14. The molecule has 16 heavy (non-hydrogen) atoms. The van der Waals surface area contributed by atoms with Crippen LogP contribution in [-0.2, 0) is 14.3 Å². The first-order valence-electron chi connectivity index (χ1n) is 5.67. The van der Waals surface area contributed by atoms with Crippen molar-refractivity contribution < 1.29 is 14.3 Å². The lowest BCUT2D eigenvalue weighted by atomic mass is 9.94. The molecule has 94 valence electrons. The van der Waals surface area contributed by atoms with Gasteiger partial charge in [-0.25, -0.2) is 0 Å². The fraction of sp³-hybridized carbons (Fsp3) is 0.833. The second kappa shape index (κ2) is 6.51. The van der Waals surface area contributed by atoms with Crippen molar-refractivity contribution in [2.24, 2.45) is 11.3 Å². The monoisotopic (exact) mass is 229 g/mol. The maximum atomic E-state index is 11.7. The van der Waals surface area contributed by atoms with Gasteiger partial charge in [-0.05, 0) is 26.2 Å². The van der Waals surface area contributed by atoms with Gasteiger partial charge < -0.3 is 10.1 Å². The molecule has 0 aromatic carbocycles. The van der Waals surface area contributed by atoms with Gasteiger partial charge >= 0.3 is 5.97 Å². The second-order valence-electron chi connectivity index (χ2n) is 5.11. The number of carbonyl (C=O) groups is 2. The van der Waals surface area contributed by atoms with E-state index in [1.165, 1.54) is 6.92 Å². The number of esters is 1. The molecule has 0 aromatic rings. The van der Waals surface area contributed by atoms with Gasteiger partial charge in [-0.1, -0.05) is 13.8 Å². The van der Waals surface area contributed by atoms with Gasteiger partial charge in [0.1, 0.15) is 0 Å². The first kappa shape index (κ1) is 14.9. The number of amides is 1. The zero-order valence-electron chi connectivity index (χ0n) is 10.9. The van der Waals surface area contributed by atoms with Crippen LogP contribution >= 0.6 is 0 Å².